The summed E-state index contributed by atoms with van der Waals surface area (Å²) >= 11 is 0. The van der Waals surface area contributed by atoms with E-state index < -0.39 is 5.97 Å². The summed E-state index contributed by atoms with van der Waals surface area (Å²) in [5.74, 6) is -0.611. The fraction of sp³-hybridized carbons (Fsp3) is 0.857. The van der Waals surface area contributed by atoms with Gasteiger partial charge in [-0.1, -0.05) is 0 Å². The molecule has 1 saturated heterocycles. The van der Waals surface area contributed by atoms with Crippen molar-refractivity contribution < 1.29 is 9.90 Å². The number of nitrogens with one attached hydrogen (secondary N) is 1. The van der Waals surface area contributed by atoms with Crippen molar-refractivity contribution in [1.29, 1.82) is 0 Å². The minimum Gasteiger partial charge on any atom is -0.481 e. The van der Waals surface area contributed by atoms with Gasteiger partial charge in [0.05, 0.1) is 5.41 Å². The maximum atomic E-state index is 10.7. The minimum atomic E-state index is -0.611. The van der Waals surface area contributed by atoms with Crippen molar-refractivity contribution in [1.82, 2.24) is 5.32 Å². The van der Waals surface area contributed by atoms with E-state index >= 15 is 0 Å². The van der Waals surface area contributed by atoms with Crippen LogP contribution in [0.4, 0.5) is 0 Å². The van der Waals surface area contributed by atoms with E-state index in [0.29, 0.717) is 12.6 Å². The van der Waals surface area contributed by atoms with Gasteiger partial charge >= 0.3 is 5.97 Å². The third-order valence-corrected chi connectivity index (χ3v) is 2.79. The molecule has 64 valence electrons. The molecular weight excluding hydrogens is 166 g/mol. The van der Waals surface area contributed by atoms with Crippen molar-refractivity contribution in [3.8, 4) is 0 Å². The van der Waals surface area contributed by atoms with Crippen LogP contribution in [0.15, 0.2) is 0 Å². The molecule has 0 aromatic heterocycles. The Morgan fingerprint density at radius 1 is 1.64 bits per heavy atom. The molecule has 0 aromatic carbocycles. The number of carbonyl (C=O) groups is 1. The summed E-state index contributed by atoms with van der Waals surface area (Å²) in [6.07, 6.45) is 2.77. The van der Waals surface area contributed by atoms with Crippen LogP contribution in [0.1, 0.15) is 19.3 Å². The number of aliphatic carboxylic acids is 1. The molecule has 1 saturated carbocycles. The van der Waals surface area contributed by atoms with Crippen LogP contribution in [0.2, 0.25) is 0 Å². The molecule has 2 bridgehead atoms. The Hall–Kier alpha value is -0.280. The van der Waals surface area contributed by atoms with Crippen LogP contribution in [-0.4, -0.2) is 23.7 Å². The Bertz CT molecular complexity index is 175. The lowest BCUT2D eigenvalue weighted by Crippen LogP contribution is -2.35. The van der Waals surface area contributed by atoms with Gasteiger partial charge in [0.25, 0.3) is 0 Å². The Kier molecular flexibility index (Phi) is 2.12. The maximum Gasteiger partial charge on any atom is 0.310 e. The van der Waals surface area contributed by atoms with E-state index in [4.69, 9.17) is 5.11 Å². The molecule has 1 aliphatic heterocycles. The SMILES string of the molecule is Cl.O=C(O)[C@]12CC[C@H](C1)NC2. The van der Waals surface area contributed by atoms with Gasteiger partial charge in [0, 0.05) is 12.6 Å². The fourth-order valence-electron chi connectivity index (χ4n) is 2.07. The topological polar surface area (TPSA) is 49.3 Å². The van der Waals surface area contributed by atoms with E-state index in [1.54, 1.807) is 0 Å². The van der Waals surface area contributed by atoms with E-state index in [2.05, 4.69) is 5.32 Å². The van der Waals surface area contributed by atoms with Crippen LogP contribution >= 0.6 is 12.4 Å². The molecule has 0 spiro atoms. The summed E-state index contributed by atoms with van der Waals surface area (Å²) < 4.78 is 0. The molecule has 2 rings (SSSR count). The number of piperidine rings is 1. The highest BCUT2D eigenvalue weighted by molar-refractivity contribution is 5.85. The zero-order chi connectivity index (χ0) is 7.19. The molecule has 2 atom stereocenters. The van der Waals surface area contributed by atoms with Crippen LogP contribution in [-0.2, 0) is 4.79 Å². The number of rotatable bonds is 1. The van der Waals surface area contributed by atoms with E-state index in [1.165, 1.54) is 0 Å². The first-order chi connectivity index (χ1) is 4.73. The molecule has 11 heavy (non-hydrogen) atoms. The molecule has 0 radical (unpaired) electrons. The highest BCUT2D eigenvalue weighted by Gasteiger charge is 2.50. The predicted molar refractivity (Wildman–Crippen MR) is 43.0 cm³/mol. The zero-order valence-electron chi connectivity index (χ0n) is 6.17. The normalized spacial score (nSPS) is 40.2. The smallest absolute Gasteiger partial charge is 0.310 e. The van der Waals surface area contributed by atoms with Crippen LogP contribution in [0.25, 0.3) is 0 Å². The number of carboxylic acids is 1. The lowest BCUT2D eigenvalue weighted by molar-refractivity contribution is -0.147. The van der Waals surface area contributed by atoms with Crippen LogP contribution in [0, 0.1) is 5.41 Å². The van der Waals surface area contributed by atoms with Crippen LogP contribution in [0.3, 0.4) is 0 Å². The van der Waals surface area contributed by atoms with E-state index in [9.17, 15) is 4.79 Å². The van der Waals surface area contributed by atoms with Gasteiger partial charge in [0.15, 0.2) is 0 Å². The van der Waals surface area contributed by atoms with Crippen molar-refractivity contribution in [3.63, 3.8) is 0 Å². The van der Waals surface area contributed by atoms with Crippen molar-refractivity contribution in [2.24, 2.45) is 5.41 Å². The van der Waals surface area contributed by atoms with Gasteiger partial charge in [-0.05, 0) is 19.3 Å². The summed E-state index contributed by atoms with van der Waals surface area (Å²) in [7, 11) is 0. The summed E-state index contributed by atoms with van der Waals surface area (Å²) in [5, 5.41) is 12.0. The third-order valence-electron chi connectivity index (χ3n) is 2.79. The Morgan fingerprint density at radius 2 is 2.36 bits per heavy atom. The monoisotopic (exact) mass is 177 g/mol. The zero-order valence-corrected chi connectivity index (χ0v) is 6.99. The van der Waals surface area contributed by atoms with E-state index in [0.717, 1.165) is 19.3 Å². The number of halogens is 1. The molecule has 0 unspecified atom stereocenters. The van der Waals surface area contributed by atoms with Gasteiger partial charge in [-0.15, -0.1) is 12.4 Å². The van der Waals surface area contributed by atoms with E-state index in [1.807, 2.05) is 0 Å². The van der Waals surface area contributed by atoms with Crippen molar-refractivity contribution in [2.75, 3.05) is 6.54 Å². The molecule has 0 aromatic rings. The first-order valence-electron chi connectivity index (χ1n) is 3.70. The quantitative estimate of drug-likeness (QED) is 0.618. The fourth-order valence-corrected chi connectivity index (χ4v) is 2.07. The van der Waals surface area contributed by atoms with Gasteiger partial charge in [0.1, 0.15) is 0 Å². The molecular formula is C7H12ClNO2. The van der Waals surface area contributed by atoms with Crippen LogP contribution < -0.4 is 5.32 Å². The second kappa shape index (κ2) is 2.64. The second-order valence-electron chi connectivity index (χ2n) is 3.41. The highest BCUT2D eigenvalue weighted by atomic mass is 35.5. The molecule has 1 aliphatic carbocycles. The van der Waals surface area contributed by atoms with Gasteiger partial charge in [-0.3, -0.25) is 4.79 Å². The van der Waals surface area contributed by atoms with Crippen molar-refractivity contribution in [3.05, 3.63) is 0 Å². The van der Waals surface area contributed by atoms with Gasteiger partial charge in [0.2, 0.25) is 0 Å². The first kappa shape index (κ1) is 8.81. The highest BCUT2D eigenvalue weighted by Crippen LogP contribution is 2.42. The van der Waals surface area contributed by atoms with Gasteiger partial charge in [-0.2, -0.15) is 0 Å². The summed E-state index contributed by atoms with van der Waals surface area (Å²) in [6.45, 7) is 0.687. The Balaban J connectivity index is 0.000000605. The first-order valence-corrected chi connectivity index (χ1v) is 3.70. The molecule has 2 N–H and O–H groups in total. The number of carboxylic acid groups (broad SMARTS) is 1. The van der Waals surface area contributed by atoms with Gasteiger partial charge in [-0.25, -0.2) is 0 Å². The molecule has 1 heterocycles. The standard InChI is InChI=1S/C7H11NO2.ClH/c9-6(10)7-2-1-5(3-7)8-4-7;/h5,8H,1-4H2,(H,9,10);1H/t5-,7-;/m1./s1. The summed E-state index contributed by atoms with van der Waals surface area (Å²) in [5.41, 5.74) is -0.384. The number of hydrogen-bond donors (Lipinski definition) is 2. The van der Waals surface area contributed by atoms with E-state index in [-0.39, 0.29) is 17.8 Å². The molecule has 3 nitrogen and oxygen atoms in total. The maximum absolute atomic E-state index is 10.7. The Morgan fingerprint density at radius 3 is 2.55 bits per heavy atom. The van der Waals surface area contributed by atoms with Crippen molar-refractivity contribution in [2.45, 2.75) is 25.3 Å². The summed E-state index contributed by atoms with van der Waals surface area (Å²) in [6, 6.07) is 0.496. The number of hydrogen-bond acceptors (Lipinski definition) is 2. The molecule has 0 amide bonds. The second-order valence-corrected chi connectivity index (χ2v) is 3.41. The minimum absolute atomic E-state index is 0. The van der Waals surface area contributed by atoms with Crippen LogP contribution in [0.5, 0.6) is 0 Å². The predicted octanol–water partition coefficient (Wildman–Crippen LogP) is 0.635. The lowest BCUT2D eigenvalue weighted by atomic mass is 9.88. The largest absolute Gasteiger partial charge is 0.481 e. The lowest BCUT2D eigenvalue weighted by Gasteiger charge is -2.20. The average Bonchev–Trinajstić information content (AvgIpc) is 2.45. The summed E-state index contributed by atoms with van der Waals surface area (Å²) in [4.78, 5) is 10.7. The van der Waals surface area contributed by atoms with Gasteiger partial charge < -0.3 is 10.4 Å². The van der Waals surface area contributed by atoms with Crippen molar-refractivity contribution >= 4 is 18.4 Å². The molecule has 4 heteroatoms. The third kappa shape index (κ3) is 1.12. The average molecular weight is 178 g/mol. The molecule has 2 aliphatic rings. The Labute approximate surface area is 71.6 Å². The molecule has 2 fully saturated rings. The number of fused-ring (bicyclic) bond motifs is 2.